The standard InChI is InChI=1S/C19H29N3O2/c1-2-3-8-19(23)22-11-9-20(10-12-22)17-6-4-5-7-18(17)21-13-15-24-16-14-21/h4-7H,2-3,8-16H2,1H3. The van der Waals surface area contributed by atoms with Gasteiger partial charge in [0.25, 0.3) is 0 Å². The van der Waals surface area contributed by atoms with Gasteiger partial charge in [0.15, 0.2) is 0 Å². The zero-order valence-electron chi connectivity index (χ0n) is 14.7. The van der Waals surface area contributed by atoms with Crippen molar-refractivity contribution in [2.24, 2.45) is 0 Å². The molecule has 2 fully saturated rings. The number of anilines is 2. The Bertz CT molecular complexity index is 535. The summed E-state index contributed by atoms with van der Waals surface area (Å²) in [5.41, 5.74) is 2.59. The van der Waals surface area contributed by atoms with Gasteiger partial charge >= 0.3 is 0 Å². The Kier molecular flexibility index (Phi) is 5.96. The summed E-state index contributed by atoms with van der Waals surface area (Å²) in [7, 11) is 0. The van der Waals surface area contributed by atoms with Crippen LogP contribution in [0.5, 0.6) is 0 Å². The number of hydrogen-bond donors (Lipinski definition) is 0. The van der Waals surface area contributed by atoms with Gasteiger partial charge in [-0.2, -0.15) is 0 Å². The van der Waals surface area contributed by atoms with E-state index < -0.39 is 0 Å². The first-order valence-corrected chi connectivity index (χ1v) is 9.24. The Hall–Kier alpha value is -1.75. The van der Waals surface area contributed by atoms with Crippen LogP contribution in [0, 0.1) is 0 Å². The number of piperazine rings is 1. The maximum absolute atomic E-state index is 12.2. The molecular formula is C19H29N3O2. The Morgan fingerprint density at radius 2 is 1.54 bits per heavy atom. The van der Waals surface area contributed by atoms with Crippen molar-refractivity contribution in [2.75, 3.05) is 62.3 Å². The summed E-state index contributed by atoms with van der Waals surface area (Å²) < 4.78 is 5.48. The van der Waals surface area contributed by atoms with E-state index in [-0.39, 0.29) is 0 Å². The maximum Gasteiger partial charge on any atom is 0.222 e. The summed E-state index contributed by atoms with van der Waals surface area (Å²) in [6.07, 6.45) is 2.78. The largest absolute Gasteiger partial charge is 0.378 e. The van der Waals surface area contributed by atoms with Crippen molar-refractivity contribution in [2.45, 2.75) is 26.2 Å². The molecule has 0 radical (unpaired) electrons. The number of rotatable bonds is 5. The Balaban J connectivity index is 1.63. The van der Waals surface area contributed by atoms with Gasteiger partial charge in [0, 0.05) is 45.7 Å². The van der Waals surface area contributed by atoms with Crippen LogP contribution >= 0.6 is 0 Å². The fourth-order valence-electron chi connectivity index (χ4n) is 3.49. The number of carbonyl (C=O) groups excluding carboxylic acids is 1. The van der Waals surface area contributed by atoms with E-state index in [2.05, 4.69) is 41.0 Å². The van der Waals surface area contributed by atoms with E-state index in [1.54, 1.807) is 0 Å². The fourth-order valence-corrected chi connectivity index (χ4v) is 3.49. The number of morpholine rings is 1. The highest BCUT2D eigenvalue weighted by molar-refractivity contribution is 5.77. The second-order valence-electron chi connectivity index (χ2n) is 6.56. The van der Waals surface area contributed by atoms with Gasteiger partial charge < -0.3 is 19.4 Å². The lowest BCUT2D eigenvalue weighted by Gasteiger charge is -2.39. The SMILES string of the molecule is CCCCC(=O)N1CCN(c2ccccc2N2CCOCC2)CC1. The van der Waals surface area contributed by atoms with Gasteiger partial charge in [-0.15, -0.1) is 0 Å². The van der Waals surface area contributed by atoms with Crippen LogP contribution in [0.1, 0.15) is 26.2 Å². The average molecular weight is 331 g/mol. The molecule has 2 saturated heterocycles. The van der Waals surface area contributed by atoms with Crippen LogP contribution in [0.25, 0.3) is 0 Å². The molecule has 0 unspecified atom stereocenters. The third-order valence-corrected chi connectivity index (χ3v) is 4.95. The molecule has 0 atom stereocenters. The number of hydrogen-bond acceptors (Lipinski definition) is 4. The number of unbranched alkanes of at least 4 members (excludes halogenated alkanes) is 1. The van der Waals surface area contributed by atoms with E-state index in [4.69, 9.17) is 4.74 Å². The normalized spacial score (nSPS) is 18.8. The highest BCUT2D eigenvalue weighted by Gasteiger charge is 2.23. The smallest absolute Gasteiger partial charge is 0.222 e. The first-order valence-electron chi connectivity index (χ1n) is 9.24. The molecule has 1 aromatic carbocycles. The second kappa shape index (κ2) is 8.38. The first-order chi connectivity index (χ1) is 11.8. The zero-order valence-corrected chi connectivity index (χ0v) is 14.7. The molecular weight excluding hydrogens is 302 g/mol. The molecule has 1 aromatic rings. The van der Waals surface area contributed by atoms with E-state index in [0.717, 1.165) is 65.3 Å². The van der Waals surface area contributed by atoms with Gasteiger partial charge in [-0.3, -0.25) is 4.79 Å². The Morgan fingerprint density at radius 1 is 0.958 bits per heavy atom. The minimum atomic E-state index is 0.318. The van der Waals surface area contributed by atoms with Gasteiger partial charge in [-0.1, -0.05) is 25.5 Å². The number of nitrogens with zero attached hydrogens (tertiary/aromatic N) is 3. The molecule has 0 N–H and O–H groups in total. The minimum absolute atomic E-state index is 0.318. The van der Waals surface area contributed by atoms with E-state index >= 15 is 0 Å². The third kappa shape index (κ3) is 4.01. The molecule has 5 heteroatoms. The van der Waals surface area contributed by atoms with E-state index in [1.807, 2.05) is 4.90 Å². The highest BCUT2D eigenvalue weighted by atomic mass is 16.5. The minimum Gasteiger partial charge on any atom is -0.378 e. The highest BCUT2D eigenvalue weighted by Crippen LogP contribution is 2.30. The number of benzene rings is 1. The summed E-state index contributed by atoms with van der Waals surface area (Å²) in [5.74, 6) is 0.318. The fraction of sp³-hybridized carbons (Fsp3) is 0.632. The molecule has 132 valence electrons. The monoisotopic (exact) mass is 331 g/mol. The van der Waals surface area contributed by atoms with Crippen molar-refractivity contribution < 1.29 is 9.53 Å². The summed E-state index contributed by atoms with van der Waals surface area (Å²) in [6.45, 7) is 9.13. The molecule has 0 spiro atoms. The van der Waals surface area contributed by atoms with Gasteiger partial charge in [0.2, 0.25) is 5.91 Å². The molecule has 24 heavy (non-hydrogen) atoms. The van der Waals surface area contributed by atoms with Crippen LogP contribution in [-0.4, -0.2) is 63.3 Å². The lowest BCUT2D eigenvalue weighted by molar-refractivity contribution is -0.131. The first kappa shape index (κ1) is 17.1. The molecule has 0 saturated carbocycles. The van der Waals surface area contributed by atoms with Gasteiger partial charge in [-0.25, -0.2) is 0 Å². The third-order valence-electron chi connectivity index (χ3n) is 4.95. The second-order valence-corrected chi connectivity index (χ2v) is 6.56. The van der Waals surface area contributed by atoms with Crippen molar-refractivity contribution in [3.05, 3.63) is 24.3 Å². The maximum atomic E-state index is 12.2. The van der Waals surface area contributed by atoms with Crippen molar-refractivity contribution in [1.29, 1.82) is 0 Å². The lowest BCUT2D eigenvalue weighted by Crippen LogP contribution is -2.49. The van der Waals surface area contributed by atoms with E-state index in [1.165, 1.54) is 11.4 Å². The van der Waals surface area contributed by atoms with Gasteiger partial charge in [-0.05, 0) is 18.6 Å². The number of amides is 1. The Morgan fingerprint density at radius 3 is 2.12 bits per heavy atom. The molecule has 2 aliphatic heterocycles. The predicted molar refractivity (Wildman–Crippen MR) is 97.8 cm³/mol. The number of carbonyl (C=O) groups is 1. The summed E-state index contributed by atoms with van der Waals surface area (Å²) >= 11 is 0. The van der Waals surface area contributed by atoms with Crippen molar-refractivity contribution in [3.63, 3.8) is 0 Å². The van der Waals surface area contributed by atoms with Crippen molar-refractivity contribution in [1.82, 2.24) is 4.90 Å². The molecule has 1 amide bonds. The van der Waals surface area contributed by atoms with Crippen LogP contribution in [0.3, 0.4) is 0 Å². The van der Waals surface area contributed by atoms with E-state index in [0.29, 0.717) is 12.3 Å². The van der Waals surface area contributed by atoms with Crippen LogP contribution in [0.2, 0.25) is 0 Å². The van der Waals surface area contributed by atoms with Crippen molar-refractivity contribution in [3.8, 4) is 0 Å². The molecule has 5 nitrogen and oxygen atoms in total. The molecule has 0 aliphatic carbocycles. The van der Waals surface area contributed by atoms with Crippen LogP contribution in [0.4, 0.5) is 11.4 Å². The topological polar surface area (TPSA) is 36.0 Å². The van der Waals surface area contributed by atoms with Crippen LogP contribution in [-0.2, 0) is 9.53 Å². The lowest BCUT2D eigenvalue weighted by atomic mass is 10.1. The number of ether oxygens (including phenoxy) is 1. The Labute approximate surface area is 145 Å². The van der Waals surface area contributed by atoms with Gasteiger partial charge in [0.1, 0.15) is 0 Å². The zero-order chi connectivity index (χ0) is 16.8. The summed E-state index contributed by atoms with van der Waals surface area (Å²) in [6, 6.07) is 8.63. The van der Waals surface area contributed by atoms with E-state index in [9.17, 15) is 4.79 Å². The van der Waals surface area contributed by atoms with Gasteiger partial charge in [0.05, 0.1) is 24.6 Å². The van der Waals surface area contributed by atoms with Crippen molar-refractivity contribution >= 4 is 17.3 Å². The molecule has 2 aliphatic rings. The average Bonchev–Trinajstić information content (AvgIpc) is 2.67. The summed E-state index contributed by atoms with van der Waals surface area (Å²) in [4.78, 5) is 19.1. The molecule has 0 bridgehead atoms. The quantitative estimate of drug-likeness (QED) is 0.830. The molecule has 0 aromatic heterocycles. The predicted octanol–water partition coefficient (Wildman–Crippen LogP) is 2.36. The van der Waals surface area contributed by atoms with Crippen LogP contribution < -0.4 is 9.80 Å². The summed E-state index contributed by atoms with van der Waals surface area (Å²) in [5, 5.41) is 0. The van der Waals surface area contributed by atoms with Crippen LogP contribution in [0.15, 0.2) is 24.3 Å². The molecule has 2 heterocycles. The molecule has 3 rings (SSSR count). The number of para-hydroxylation sites is 2.